The molecule has 0 aromatic carbocycles. The average molecular weight is 364 g/mol. The minimum absolute atomic E-state index is 0.213. The van der Waals surface area contributed by atoms with Crippen molar-refractivity contribution in [2.75, 3.05) is 24.5 Å². The molecule has 2 aliphatic rings. The molecule has 0 spiro atoms. The molecule has 2 heterocycles. The molecule has 1 aliphatic heterocycles. The Bertz CT molecular complexity index is 558. The fourth-order valence-electron chi connectivity index (χ4n) is 4.08. The van der Waals surface area contributed by atoms with Gasteiger partial charge in [-0.2, -0.15) is 0 Å². The van der Waals surface area contributed by atoms with E-state index in [1.165, 1.54) is 44.7 Å². The van der Waals surface area contributed by atoms with Crippen LogP contribution in [0.5, 0.6) is 0 Å². The van der Waals surface area contributed by atoms with Crippen LogP contribution >= 0.6 is 0 Å². The number of halogens is 1. The Morgan fingerprint density at radius 3 is 2.62 bits per heavy atom. The molecule has 4 nitrogen and oxygen atoms in total. The number of rotatable bonds is 4. The van der Waals surface area contributed by atoms with Crippen molar-refractivity contribution < 1.29 is 9.18 Å². The largest absolute Gasteiger partial charge is 0.369 e. The zero-order valence-corrected chi connectivity index (χ0v) is 16.6. The Hall–Kier alpha value is -1.65. The molecular formula is C21H34FN3O. The third-order valence-electron chi connectivity index (χ3n) is 5.54. The van der Waals surface area contributed by atoms with Crippen molar-refractivity contribution in [3.8, 4) is 0 Å². The van der Waals surface area contributed by atoms with Crippen LogP contribution in [0.1, 0.15) is 65.7 Å². The SMILES string of the molecule is CC1(C)CCCN(c2ccncc2F)C1.CCN(C=O)C1CCCCC1. The number of piperidine rings is 1. The van der Waals surface area contributed by atoms with Crippen LogP contribution < -0.4 is 4.90 Å². The van der Waals surface area contributed by atoms with Crippen molar-refractivity contribution in [3.05, 3.63) is 24.3 Å². The highest BCUT2D eigenvalue weighted by atomic mass is 19.1. The first-order valence-corrected chi connectivity index (χ1v) is 10.0. The second kappa shape index (κ2) is 9.89. The quantitative estimate of drug-likeness (QED) is 0.731. The summed E-state index contributed by atoms with van der Waals surface area (Å²) < 4.78 is 13.5. The Kier molecular flexibility index (Phi) is 7.85. The van der Waals surface area contributed by atoms with Crippen LogP contribution in [0.3, 0.4) is 0 Å². The van der Waals surface area contributed by atoms with Gasteiger partial charge in [-0.25, -0.2) is 4.39 Å². The number of carbonyl (C=O) groups excluding carboxylic acids is 1. The number of hydrogen-bond acceptors (Lipinski definition) is 3. The molecule has 1 saturated carbocycles. The molecule has 1 aliphatic carbocycles. The lowest BCUT2D eigenvalue weighted by molar-refractivity contribution is -0.120. The summed E-state index contributed by atoms with van der Waals surface area (Å²) >= 11 is 0. The first kappa shape index (κ1) is 20.7. The molecule has 1 aromatic rings. The van der Waals surface area contributed by atoms with E-state index in [-0.39, 0.29) is 11.2 Å². The van der Waals surface area contributed by atoms with Crippen LogP contribution in [-0.2, 0) is 4.79 Å². The van der Waals surface area contributed by atoms with Crippen molar-refractivity contribution in [1.29, 1.82) is 0 Å². The van der Waals surface area contributed by atoms with Crippen molar-refractivity contribution in [2.24, 2.45) is 5.41 Å². The maximum atomic E-state index is 13.5. The first-order chi connectivity index (χ1) is 12.5. The number of hydrogen-bond donors (Lipinski definition) is 0. The summed E-state index contributed by atoms with van der Waals surface area (Å²) in [5, 5.41) is 0. The molecular weight excluding hydrogens is 329 g/mol. The molecule has 0 bridgehead atoms. The summed E-state index contributed by atoms with van der Waals surface area (Å²) in [6.07, 6.45) is 12.7. The number of carbonyl (C=O) groups is 1. The molecule has 0 radical (unpaired) electrons. The lowest BCUT2D eigenvalue weighted by atomic mass is 9.84. The maximum Gasteiger partial charge on any atom is 0.209 e. The predicted octanol–water partition coefficient (Wildman–Crippen LogP) is 4.64. The molecule has 5 heteroatoms. The minimum Gasteiger partial charge on any atom is -0.369 e. The van der Waals surface area contributed by atoms with Gasteiger partial charge in [0.2, 0.25) is 6.41 Å². The summed E-state index contributed by atoms with van der Waals surface area (Å²) in [4.78, 5) is 18.4. The van der Waals surface area contributed by atoms with Gasteiger partial charge in [-0.1, -0.05) is 33.1 Å². The fourth-order valence-corrected chi connectivity index (χ4v) is 4.08. The normalized spacial score (nSPS) is 20.1. The zero-order valence-electron chi connectivity index (χ0n) is 16.6. The molecule has 0 N–H and O–H groups in total. The van der Waals surface area contributed by atoms with E-state index in [4.69, 9.17) is 0 Å². The van der Waals surface area contributed by atoms with E-state index in [0.29, 0.717) is 11.7 Å². The summed E-state index contributed by atoms with van der Waals surface area (Å²) in [6, 6.07) is 2.31. The highest BCUT2D eigenvalue weighted by Crippen LogP contribution is 2.32. The smallest absolute Gasteiger partial charge is 0.209 e. The van der Waals surface area contributed by atoms with Gasteiger partial charge in [0, 0.05) is 31.9 Å². The number of nitrogens with zero attached hydrogens (tertiary/aromatic N) is 3. The monoisotopic (exact) mass is 363 g/mol. The molecule has 0 unspecified atom stereocenters. The van der Waals surface area contributed by atoms with E-state index < -0.39 is 0 Å². The minimum atomic E-state index is -0.213. The van der Waals surface area contributed by atoms with Crippen LogP contribution in [-0.4, -0.2) is 42.0 Å². The molecule has 1 saturated heterocycles. The van der Waals surface area contributed by atoms with E-state index in [1.54, 1.807) is 12.3 Å². The van der Waals surface area contributed by atoms with Crippen molar-refractivity contribution in [1.82, 2.24) is 9.88 Å². The van der Waals surface area contributed by atoms with Gasteiger partial charge in [0.15, 0.2) is 5.82 Å². The lowest BCUT2D eigenvalue weighted by Gasteiger charge is -2.39. The second-order valence-electron chi connectivity index (χ2n) is 8.24. The van der Waals surface area contributed by atoms with Gasteiger partial charge in [0.1, 0.15) is 0 Å². The molecule has 0 atom stereocenters. The Labute approximate surface area is 157 Å². The highest BCUT2D eigenvalue weighted by Gasteiger charge is 2.27. The summed E-state index contributed by atoms with van der Waals surface area (Å²) in [7, 11) is 0. The van der Waals surface area contributed by atoms with E-state index in [2.05, 4.69) is 23.7 Å². The zero-order chi connectivity index (χ0) is 19.0. The maximum absolute atomic E-state index is 13.5. The fraction of sp³-hybridized carbons (Fsp3) is 0.714. The van der Waals surface area contributed by atoms with Gasteiger partial charge in [0.05, 0.1) is 11.9 Å². The predicted molar refractivity (Wildman–Crippen MR) is 105 cm³/mol. The Balaban J connectivity index is 0.000000197. The molecule has 2 fully saturated rings. The second-order valence-corrected chi connectivity index (χ2v) is 8.24. The van der Waals surface area contributed by atoms with Gasteiger partial charge < -0.3 is 9.80 Å². The van der Waals surface area contributed by atoms with Crippen molar-refractivity contribution >= 4 is 12.1 Å². The number of aromatic nitrogens is 1. The standard InChI is InChI=1S/C12H17FN2.C9H17NO/c1-12(2)5-3-7-15(9-12)11-4-6-14-8-10(11)13;1-2-10(8-11)9-6-4-3-5-7-9/h4,6,8H,3,5,7,9H2,1-2H3;8-9H,2-7H2,1H3. The van der Waals surface area contributed by atoms with Crippen LogP contribution in [0, 0.1) is 11.2 Å². The molecule has 3 rings (SSSR count). The topological polar surface area (TPSA) is 36.4 Å². The molecule has 26 heavy (non-hydrogen) atoms. The van der Waals surface area contributed by atoms with Crippen molar-refractivity contribution in [2.45, 2.75) is 71.8 Å². The third-order valence-corrected chi connectivity index (χ3v) is 5.54. The van der Waals surface area contributed by atoms with E-state index in [1.807, 2.05) is 11.8 Å². The summed E-state index contributed by atoms with van der Waals surface area (Å²) in [5.74, 6) is -0.213. The van der Waals surface area contributed by atoms with E-state index in [0.717, 1.165) is 32.5 Å². The molecule has 1 amide bonds. The molecule has 1 aromatic heterocycles. The Morgan fingerprint density at radius 1 is 1.31 bits per heavy atom. The number of anilines is 1. The van der Waals surface area contributed by atoms with Gasteiger partial charge in [-0.3, -0.25) is 9.78 Å². The van der Waals surface area contributed by atoms with Crippen LogP contribution in [0.15, 0.2) is 18.5 Å². The lowest BCUT2D eigenvalue weighted by Crippen LogP contribution is -2.40. The van der Waals surface area contributed by atoms with E-state index >= 15 is 0 Å². The molecule has 146 valence electrons. The number of pyridine rings is 1. The van der Waals surface area contributed by atoms with Crippen LogP contribution in [0.2, 0.25) is 0 Å². The summed E-state index contributed by atoms with van der Waals surface area (Å²) in [5.41, 5.74) is 0.978. The van der Waals surface area contributed by atoms with Gasteiger partial charge in [-0.05, 0) is 44.1 Å². The first-order valence-electron chi connectivity index (χ1n) is 10.0. The Morgan fingerprint density at radius 2 is 2.04 bits per heavy atom. The third kappa shape index (κ3) is 5.96. The van der Waals surface area contributed by atoms with Crippen molar-refractivity contribution in [3.63, 3.8) is 0 Å². The highest BCUT2D eigenvalue weighted by molar-refractivity contribution is 5.47. The average Bonchev–Trinajstić information content (AvgIpc) is 2.64. The van der Waals surface area contributed by atoms with Gasteiger partial charge >= 0.3 is 0 Å². The van der Waals surface area contributed by atoms with Gasteiger partial charge in [-0.15, -0.1) is 0 Å². The van der Waals surface area contributed by atoms with Crippen LogP contribution in [0.4, 0.5) is 10.1 Å². The number of amides is 1. The van der Waals surface area contributed by atoms with Gasteiger partial charge in [0.25, 0.3) is 0 Å². The van der Waals surface area contributed by atoms with Crippen LogP contribution in [0.25, 0.3) is 0 Å². The van der Waals surface area contributed by atoms with E-state index in [9.17, 15) is 9.18 Å². The summed E-state index contributed by atoms with van der Waals surface area (Å²) in [6.45, 7) is 9.26.